The summed E-state index contributed by atoms with van der Waals surface area (Å²) in [6, 6.07) is 2.21. The van der Waals surface area contributed by atoms with Crippen molar-refractivity contribution in [2.75, 3.05) is 6.61 Å². The highest BCUT2D eigenvalue weighted by molar-refractivity contribution is 4.77. The molecule has 1 aliphatic carbocycles. The summed E-state index contributed by atoms with van der Waals surface area (Å²) >= 11 is 0. The highest BCUT2D eigenvalue weighted by atomic mass is 16.3. The molecule has 1 N–H and O–H groups in total. The van der Waals surface area contributed by atoms with E-state index in [0.717, 1.165) is 31.1 Å². The zero-order valence-electron chi connectivity index (χ0n) is 8.21. The van der Waals surface area contributed by atoms with Gasteiger partial charge in [0.15, 0.2) is 0 Å². The third-order valence-electron chi connectivity index (χ3n) is 3.17. The number of aliphatic hydroxyl groups excluding tert-OH is 1. The molecule has 1 rings (SSSR count). The molecule has 2 heteroatoms. The number of aliphatic hydroxyl groups is 1. The van der Waals surface area contributed by atoms with Crippen molar-refractivity contribution in [2.24, 2.45) is 11.8 Å². The van der Waals surface area contributed by atoms with Gasteiger partial charge in [-0.1, -0.05) is 25.7 Å². The Morgan fingerprint density at radius 3 is 2.08 bits per heavy atom. The Balaban J connectivity index is 2.12. The molecule has 0 aromatic heterocycles. The normalized spacial score (nSPS) is 28.3. The van der Waals surface area contributed by atoms with Crippen LogP contribution in [0.4, 0.5) is 0 Å². The predicted molar refractivity (Wildman–Crippen MR) is 52.0 cm³/mol. The summed E-state index contributed by atoms with van der Waals surface area (Å²) in [4.78, 5) is 0. The summed E-state index contributed by atoms with van der Waals surface area (Å²) < 4.78 is 0. The second-order valence-electron chi connectivity index (χ2n) is 4.10. The molecule has 0 heterocycles. The van der Waals surface area contributed by atoms with E-state index in [-0.39, 0.29) is 0 Å². The minimum atomic E-state index is 0.341. The molecule has 13 heavy (non-hydrogen) atoms. The molecule has 0 saturated heterocycles. The first-order valence-corrected chi connectivity index (χ1v) is 5.34. The lowest BCUT2D eigenvalue weighted by Crippen LogP contribution is -2.15. The standard InChI is InChI=1S/C11H19NO/c12-8-1-2-10-3-5-11(6-4-10)7-9-13/h10-11,13H,1-7,9H2. The SMILES string of the molecule is N#CCCC1CCC(CCO)CC1. The van der Waals surface area contributed by atoms with Gasteiger partial charge in [0.2, 0.25) is 0 Å². The van der Waals surface area contributed by atoms with Crippen LogP contribution >= 0.6 is 0 Å². The maximum atomic E-state index is 8.78. The number of hydrogen-bond donors (Lipinski definition) is 1. The fourth-order valence-electron chi connectivity index (χ4n) is 2.26. The third-order valence-corrected chi connectivity index (χ3v) is 3.17. The first kappa shape index (κ1) is 10.5. The maximum Gasteiger partial charge on any atom is 0.0621 e. The van der Waals surface area contributed by atoms with E-state index in [1.807, 2.05) is 0 Å². The van der Waals surface area contributed by atoms with E-state index >= 15 is 0 Å². The fraction of sp³-hybridized carbons (Fsp3) is 0.909. The molecular formula is C11H19NO. The molecule has 2 nitrogen and oxygen atoms in total. The van der Waals surface area contributed by atoms with Crippen LogP contribution in [-0.4, -0.2) is 11.7 Å². The lowest BCUT2D eigenvalue weighted by atomic mass is 9.79. The lowest BCUT2D eigenvalue weighted by molar-refractivity contribution is 0.202. The maximum absolute atomic E-state index is 8.78. The molecule has 0 atom stereocenters. The van der Waals surface area contributed by atoms with E-state index in [2.05, 4.69) is 6.07 Å². The number of hydrogen-bond acceptors (Lipinski definition) is 2. The largest absolute Gasteiger partial charge is 0.396 e. The Kier molecular flexibility index (Phi) is 4.85. The van der Waals surface area contributed by atoms with Gasteiger partial charge in [-0.05, 0) is 24.7 Å². The first-order chi connectivity index (χ1) is 6.36. The molecular weight excluding hydrogens is 162 g/mol. The molecule has 1 fully saturated rings. The van der Waals surface area contributed by atoms with Crippen molar-refractivity contribution in [1.29, 1.82) is 5.26 Å². The van der Waals surface area contributed by atoms with Gasteiger partial charge < -0.3 is 5.11 Å². The van der Waals surface area contributed by atoms with Gasteiger partial charge in [0.25, 0.3) is 0 Å². The third kappa shape index (κ3) is 3.78. The van der Waals surface area contributed by atoms with Gasteiger partial charge in [-0.3, -0.25) is 0 Å². The van der Waals surface area contributed by atoms with Gasteiger partial charge in [0.05, 0.1) is 6.07 Å². The topological polar surface area (TPSA) is 44.0 Å². The summed E-state index contributed by atoms with van der Waals surface area (Å²) in [6.07, 6.45) is 7.84. The summed E-state index contributed by atoms with van der Waals surface area (Å²) in [6.45, 7) is 0.341. The van der Waals surface area contributed by atoms with E-state index < -0.39 is 0 Å². The Bertz CT molecular complexity index is 165. The fourth-order valence-corrected chi connectivity index (χ4v) is 2.26. The molecule has 0 unspecified atom stereocenters. The Morgan fingerprint density at radius 2 is 1.62 bits per heavy atom. The average molecular weight is 181 g/mol. The predicted octanol–water partition coefficient (Wildman–Crippen LogP) is 2.48. The summed E-state index contributed by atoms with van der Waals surface area (Å²) in [5.74, 6) is 1.54. The number of rotatable bonds is 4. The van der Waals surface area contributed by atoms with Gasteiger partial charge in [-0.15, -0.1) is 0 Å². The van der Waals surface area contributed by atoms with Gasteiger partial charge in [0, 0.05) is 13.0 Å². The van der Waals surface area contributed by atoms with Crippen LogP contribution in [0.5, 0.6) is 0 Å². The molecule has 0 aliphatic heterocycles. The molecule has 0 aromatic rings. The van der Waals surface area contributed by atoms with Crippen LogP contribution in [0.1, 0.15) is 44.9 Å². The lowest BCUT2D eigenvalue weighted by Gasteiger charge is -2.27. The molecule has 0 spiro atoms. The Labute approximate surface area is 80.6 Å². The number of nitriles is 1. The van der Waals surface area contributed by atoms with Gasteiger partial charge in [0.1, 0.15) is 0 Å². The second-order valence-corrected chi connectivity index (χ2v) is 4.10. The van der Waals surface area contributed by atoms with Gasteiger partial charge in [-0.25, -0.2) is 0 Å². The van der Waals surface area contributed by atoms with Crippen molar-refractivity contribution in [3.8, 4) is 6.07 Å². The molecule has 0 radical (unpaired) electrons. The zero-order valence-corrected chi connectivity index (χ0v) is 8.21. The van der Waals surface area contributed by atoms with Crippen LogP contribution < -0.4 is 0 Å². The van der Waals surface area contributed by atoms with E-state index in [4.69, 9.17) is 10.4 Å². The van der Waals surface area contributed by atoms with E-state index in [0.29, 0.717) is 6.61 Å². The molecule has 0 amide bonds. The van der Waals surface area contributed by atoms with Crippen molar-refractivity contribution < 1.29 is 5.11 Å². The van der Waals surface area contributed by atoms with E-state index in [9.17, 15) is 0 Å². The van der Waals surface area contributed by atoms with E-state index in [1.165, 1.54) is 25.7 Å². The number of nitrogens with zero attached hydrogens (tertiary/aromatic N) is 1. The van der Waals surface area contributed by atoms with Crippen LogP contribution in [0.25, 0.3) is 0 Å². The smallest absolute Gasteiger partial charge is 0.0621 e. The summed E-state index contributed by atoms with van der Waals surface area (Å²) in [5.41, 5.74) is 0. The summed E-state index contributed by atoms with van der Waals surface area (Å²) in [5, 5.41) is 17.2. The molecule has 1 saturated carbocycles. The van der Waals surface area contributed by atoms with Crippen molar-refractivity contribution in [3.05, 3.63) is 0 Å². The molecule has 0 aromatic carbocycles. The van der Waals surface area contributed by atoms with E-state index in [1.54, 1.807) is 0 Å². The minimum absolute atomic E-state index is 0.341. The first-order valence-electron chi connectivity index (χ1n) is 5.34. The van der Waals surface area contributed by atoms with Crippen LogP contribution in [0.3, 0.4) is 0 Å². The quantitative estimate of drug-likeness (QED) is 0.724. The van der Waals surface area contributed by atoms with Gasteiger partial charge >= 0.3 is 0 Å². The average Bonchev–Trinajstić information content (AvgIpc) is 2.17. The molecule has 74 valence electrons. The molecule has 0 bridgehead atoms. The van der Waals surface area contributed by atoms with Crippen molar-refractivity contribution >= 4 is 0 Å². The highest BCUT2D eigenvalue weighted by Gasteiger charge is 2.19. The van der Waals surface area contributed by atoms with Crippen LogP contribution in [0.15, 0.2) is 0 Å². The highest BCUT2D eigenvalue weighted by Crippen LogP contribution is 2.32. The Hall–Kier alpha value is -0.550. The monoisotopic (exact) mass is 181 g/mol. The van der Waals surface area contributed by atoms with Crippen LogP contribution in [0.2, 0.25) is 0 Å². The van der Waals surface area contributed by atoms with Crippen LogP contribution in [0, 0.1) is 23.2 Å². The van der Waals surface area contributed by atoms with Crippen molar-refractivity contribution in [1.82, 2.24) is 0 Å². The zero-order chi connectivity index (χ0) is 9.52. The van der Waals surface area contributed by atoms with Crippen LogP contribution in [-0.2, 0) is 0 Å². The summed E-state index contributed by atoms with van der Waals surface area (Å²) in [7, 11) is 0. The van der Waals surface area contributed by atoms with Crippen molar-refractivity contribution in [3.63, 3.8) is 0 Å². The Morgan fingerprint density at radius 1 is 1.08 bits per heavy atom. The minimum Gasteiger partial charge on any atom is -0.396 e. The van der Waals surface area contributed by atoms with Crippen molar-refractivity contribution in [2.45, 2.75) is 44.9 Å². The second kappa shape index (κ2) is 5.99. The molecule has 1 aliphatic rings. The van der Waals surface area contributed by atoms with Gasteiger partial charge in [-0.2, -0.15) is 5.26 Å².